The number of anilines is 1. The number of nitrogens with one attached hydrogen (secondary N) is 2. The van der Waals surface area contributed by atoms with Gasteiger partial charge in [0.25, 0.3) is 5.91 Å². The van der Waals surface area contributed by atoms with Gasteiger partial charge in [-0.15, -0.1) is 0 Å². The standard InChI is InChI=1S/C23H26N2O4/c26-21(15-12-16-6-4-5-9-20(16)23(28)29)24-19-13-10-17(11-14-19)22(27)25-18-7-2-1-3-8-18/h4-6,9-11,13-14,18H,1-3,7-8,12,15H2,(H,24,26)(H,25,27)(H,28,29). The van der Waals surface area contributed by atoms with Crippen molar-refractivity contribution in [3.63, 3.8) is 0 Å². The first-order valence-electron chi connectivity index (χ1n) is 10.0. The minimum absolute atomic E-state index is 0.0833. The molecule has 1 aliphatic carbocycles. The van der Waals surface area contributed by atoms with E-state index in [4.69, 9.17) is 0 Å². The van der Waals surface area contributed by atoms with Crippen LogP contribution in [0.1, 0.15) is 64.8 Å². The van der Waals surface area contributed by atoms with Crippen molar-refractivity contribution < 1.29 is 19.5 Å². The second-order valence-corrected chi connectivity index (χ2v) is 7.40. The van der Waals surface area contributed by atoms with Crippen LogP contribution in [-0.4, -0.2) is 28.9 Å². The van der Waals surface area contributed by atoms with Gasteiger partial charge in [-0.3, -0.25) is 9.59 Å². The van der Waals surface area contributed by atoms with E-state index in [0.29, 0.717) is 23.2 Å². The van der Waals surface area contributed by atoms with Gasteiger partial charge in [0.1, 0.15) is 0 Å². The summed E-state index contributed by atoms with van der Waals surface area (Å²) in [4.78, 5) is 35.8. The molecule has 2 amide bonds. The highest BCUT2D eigenvalue weighted by atomic mass is 16.4. The summed E-state index contributed by atoms with van der Waals surface area (Å²) >= 11 is 0. The Hall–Kier alpha value is -3.15. The largest absolute Gasteiger partial charge is 0.478 e. The molecule has 6 heteroatoms. The van der Waals surface area contributed by atoms with Crippen molar-refractivity contribution in [1.29, 1.82) is 0 Å². The first-order chi connectivity index (χ1) is 14.0. The van der Waals surface area contributed by atoms with Crippen LogP contribution in [0.5, 0.6) is 0 Å². The summed E-state index contributed by atoms with van der Waals surface area (Å²) in [6.07, 6.45) is 6.14. The number of hydrogen-bond acceptors (Lipinski definition) is 3. The van der Waals surface area contributed by atoms with Crippen molar-refractivity contribution in [2.24, 2.45) is 0 Å². The molecule has 3 rings (SSSR count). The molecule has 0 bridgehead atoms. The summed E-state index contributed by atoms with van der Waals surface area (Å²) < 4.78 is 0. The van der Waals surface area contributed by atoms with Crippen LogP contribution < -0.4 is 10.6 Å². The van der Waals surface area contributed by atoms with Crippen molar-refractivity contribution in [1.82, 2.24) is 5.32 Å². The highest BCUT2D eigenvalue weighted by Gasteiger charge is 2.16. The molecule has 1 fully saturated rings. The summed E-state index contributed by atoms with van der Waals surface area (Å²) in [5, 5.41) is 15.1. The normalized spacial score (nSPS) is 14.2. The van der Waals surface area contributed by atoms with Crippen LogP contribution in [0.4, 0.5) is 5.69 Å². The molecule has 3 N–H and O–H groups in total. The van der Waals surface area contributed by atoms with Crippen molar-refractivity contribution in [3.05, 3.63) is 65.2 Å². The number of amides is 2. The van der Waals surface area contributed by atoms with Gasteiger partial charge < -0.3 is 15.7 Å². The van der Waals surface area contributed by atoms with E-state index in [1.807, 2.05) is 0 Å². The van der Waals surface area contributed by atoms with Gasteiger partial charge in [-0.25, -0.2) is 4.79 Å². The van der Waals surface area contributed by atoms with Crippen LogP contribution in [0.15, 0.2) is 48.5 Å². The van der Waals surface area contributed by atoms with E-state index >= 15 is 0 Å². The molecule has 0 saturated heterocycles. The SMILES string of the molecule is O=C(CCc1ccccc1C(=O)O)Nc1ccc(C(=O)NC2CCCCC2)cc1. The van der Waals surface area contributed by atoms with Crippen molar-refractivity contribution in [3.8, 4) is 0 Å². The Balaban J connectivity index is 1.51. The highest BCUT2D eigenvalue weighted by molar-refractivity contribution is 5.96. The second-order valence-electron chi connectivity index (χ2n) is 7.40. The fourth-order valence-corrected chi connectivity index (χ4v) is 3.64. The van der Waals surface area contributed by atoms with E-state index in [1.165, 1.54) is 12.5 Å². The van der Waals surface area contributed by atoms with Crippen LogP contribution in [0.2, 0.25) is 0 Å². The lowest BCUT2D eigenvalue weighted by molar-refractivity contribution is -0.116. The number of benzene rings is 2. The molecule has 0 aromatic heterocycles. The number of carbonyl (C=O) groups is 3. The van der Waals surface area contributed by atoms with Gasteiger partial charge in [0.05, 0.1) is 5.56 Å². The summed E-state index contributed by atoms with van der Waals surface area (Å²) in [6, 6.07) is 13.8. The van der Waals surface area contributed by atoms with Gasteiger partial charge in [0.2, 0.25) is 5.91 Å². The lowest BCUT2D eigenvalue weighted by Crippen LogP contribution is -2.36. The van der Waals surface area contributed by atoms with E-state index in [1.54, 1.807) is 42.5 Å². The molecule has 1 saturated carbocycles. The van der Waals surface area contributed by atoms with Crippen LogP contribution in [0, 0.1) is 0 Å². The molecule has 0 unspecified atom stereocenters. The fourth-order valence-electron chi connectivity index (χ4n) is 3.64. The van der Waals surface area contributed by atoms with Gasteiger partial charge in [0, 0.05) is 23.7 Å². The summed E-state index contributed by atoms with van der Waals surface area (Å²) in [7, 11) is 0. The van der Waals surface area contributed by atoms with E-state index in [0.717, 1.165) is 25.7 Å². The van der Waals surface area contributed by atoms with Gasteiger partial charge in [-0.2, -0.15) is 0 Å². The fraction of sp³-hybridized carbons (Fsp3) is 0.348. The lowest BCUT2D eigenvalue weighted by Gasteiger charge is -2.22. The van der Waals surface area contributed by atoms with Crippen LogP contribution in [0.3, 0.4) is 0 Å². The lowest BCUT2D eigenvalue weighted by atomic mass is 9.95. The number of carbonyl (C=O) groups excluding carboxylic acids is 2. The minimum Gasteiger partial charge on any atom is -0.478 e. The number of aryl methyl sites for hydroxylation is 1. The van der Waals surface area contributed by atoms with Crippen molar-refractivity contribution in [2.45, 2.75) is 51.0 Å². The van der Waals surface area contributed by atoms with E-state index in [2.05, 4.69) is 10.6 Å². The maximum atomic E-state index is 12.3. The zero-order valence-corrected chi connectivity index (χ0v) is 16.3. The predicted molar refractivity (Wildman–Crippen MR) is 111 cm³/mol. The summed E-state index contributed by atoms with van der Waals surface area (Å²) in [5.74, 6) is -1.28. The molecule has 29 heavy (non-hydrogen) atoms. The molecular formula is C23H26N2O4. The van der Waals surface area contributed by atoms with E-state index in [-0.39, 0.29) is 29.8 Å². The molecule has 0 radical (unpaired) electrons. The van der Waals surface area contributed by atoms with Gasteiger partial charge in [-0.1, -0.05) is 37.5 Å². The molecule has 0 spiro atoms. The van der Waals surface area contributed by atoms with Crippen molar-refractivity contribution in [2.75, 3.05) is 5.32 Å². The molecule has 2 aromatic rings. The van der Waals surface area contributed by atoms with Crippen LogP contribution in [0.25, 0.3) is 0 Å². The Kier molecular flexibility index (Phi) is 7.00. The van der Waals surface area contributed by atoms with E-state index in [9.17, 15) is 19.5 Å². The Morgan fingerprint density at radius 3 is 2.31 bits per heavy atom. The number of carboxylic acids is 1. The average Bonchev–Trinajstić information content (AvgIpc) is 2.73. The number of carboxylic acid groups (broad SMARTS) is 1. The highest BCUT2D eigenvalue weighted by Crippen LogP contribution is 2.18. The van der Waals surface area contributed by atoms with Gasteiger partial charge >= 0.3 is 5.97 Å². The molecule has 6 nitrogen and oxygen atoms in total. The second kappa shape index (κ2) is 9.87. The molecule has 152 valence electrons. The maximum absolute atomic E-state index is 12.3. The van der Waals surface area contributed by atoms with Crippen molar-refractivity contribution >= 4 is 23.5 Å². The Morgan fingerprint density at radius 2 is 1.62 bits per heavy atom. The zero-order valence-electron chi connectivity index (χ0n) is 16.3. The Labute approximate surface area is 170 Å². The third kappa shape index (κ3) is 5.91. The predicted octanol–water partition coefficient (Wildman–Crippen LogP) is 4.02. The quantitative estimate of drug-likeness (QED) is 0.661. The first-order valence-corrected chi connectivity index (χ1v) is 10.0. The average molecular weight is 394 g/mol. The third-order valence-electron chi connectivity index (χ3n) is 5.24. The number of aromatic carboxylic acids is 1. The van der Waals surface area contributed by atoms with E-state index < -0.39 is 5.97 Å². The maximum Gasteiger partial charge on any atom is 0.335 e. The van der Waals surface area contributed by atoms with Gasteiger partial charge in [0.15, 0.2) is 0 Å². The topological polar surface area (TPSA) is 95.5 Å². The van der Waals surface area contributed by atoms with Crippen LogP contribution >= 0.6 is 0 Å². The zero-order chi connectivity index (χ0) is 20.6. The number of hydrogen-bond donors (Lipinski definition) is 3. The Morgan fingerprint density at radius 1 is 0.931 bits per heavy atom. The monoisotopic (exact) mass is 394 g/mol. The number of rotatable bonds is 7. The third-order valence-corrected chi connectivity index (χ3v) is 5.24. The summed E-state index contributed by atoms with van der Waals surface area (Å²) in [5.41, 5.74) is 2.03. The molecular weight excluding hydrogens is 368 g/mol. The molecule has 1 aliphatic rings. The van der Waals surface area contributed by atoms with Gasteiger partial charge in [-0.05, 0) is 55.2 Å². The molecule has 2 aromatic carbocycles. The first kappa shape index (κ1) is 20.6. The molecule has 0 heterocycles. The Bertz CT molecular complexity index is 871. The summed E-state index contributed by atoms with van der Waals surface area (Å²) in [6.45, 7) is 0. The minimum atomic E-state index is -0.997. The molecule has 0 atom stereocenters. The molecule has 0 aliphatic heterocycles. The van der Waals surface area contributed by atoms with Crippen LogP contribution in [-0.2, 0) is 11.2 Å². The smallest absolute Gasteiger partial charge is 0.335 e.